The van der Waals surface area contributed by atoms with Crippen molar-refractivity contribution in [1.82, 2.24) is 4.31 Å². The lowest BCUT2D eigenvalue weighted by atomic mass is 9.86. The number of hydrogen-bond acceptors (Lipinski definition) is 4. The monoisotopic (exact) mass is 455 g/mol. The first-order valence-electron chi connectivity index (χ1n) is 10.9. The Morgan fingerprint density at radius 3 is 2.50 bits per heavy atom. The number of hydrogen-bond donors (Lipinski definition) is 1. The Hall–Kier alpha value is -2.71. The predicted molar refractivity (Wildman–Crippen MR) is 124 cm³/mol. The summed E-state index contributed by atoms with van der Waals surface area (Å²) in [6, 6.07) is 11.6. The molecule has 2 heterocycles. The van der Waals surface area contributed by atoms with Crippen LogP contribution in [-0.2, 0) is 31.4 Å². The standard InChI is InChI=1S/C24H29N3O4S/c1-5-16-8-10-17(11-9-16)25-22(28)21-7-6-14-27(21)32(30,31)18-12-13-20-19(15-18)24(2,3)23(29)26(20)4/h8-13,15,21H,5-7,14H2,1-4H3,(H,25,28)/t21-/m1/s1. The molecular weight excluding hydrogens is 426 g/mol. The second-order valence-corrected chi connectivity index (χ2v) is 10.9. The lowest BCUT2D eigenvalue weighted by Gasteiger charge is -2.24. The van der Waals surface area contributed by atoms with E-state index in [9.17, 15) is 18.0 Å². The molecule has 0 aromatic heterocycles. The normalized spacial score (nSPS) is 20.4. The molecule has 1 atom stereocenters. The molecule has 32 heavy (non-hydrogen) atoms. The number of carbonyl (C=O) groups is 2. The highest BCUT2D eigenvalue weighted by atomic mass is 32.2. The minimum absolute atomic E-state index is 0.0745. The van der Waals surface area contributed by atoms with Crippen molar-refractivity contribution >= 4 is 33.2 Å². The predicted octanol–water partition coefficient (Wildman–Crippen LogP) is 3.29. The van der Waals surface area contributed by atoms with Gasteiger partial charge in [-0.05, 0) is 74.6 Å². The van der Waals surface area contributed by atoms with Gasteiger partial charge in [0.2, 0.25) is 21.8 Å². The van der Waals surface area contributed by atoms with E-state index in [1.54, 1.807) is 37.9 Å². The van der Waals surface area contributed by atoms with Crippen LogP contribution >= 0.6 is 0 Å². The summed E-state index contributed by atoms with van der Waals surface area (Å²) in [5.74, 6) is -0.402. The number of nitrogens with zero attached hydrogens (tertiary/aromatic N) is 2. The Labute approximate surface area is 189 Å². The summed E-state index contributed by atoms with van der Waals surface area (Å²) in [6.07, 6.45) is 1.99. The van der Waals surface area contributed by atoms with Gasteiger partial charge in [0.25, 0.3) is 0 Å². The average molecular weight is 456 g/mol. The van der Waals surface area contributed by atoms with Gasteiger partial charge in [0.1, 0.15) is 6.04 Å². The molecule has 2 aromatic carbocycles. The second kappa shape index (κ2) is 8.01. The molecule has 0 bridgehead atoms. The summed E-state index contributed by atoms with van der Waals surface area (Å²) in [5.41, 5.74) is 2.41. The zero-order valence-electron chi connectivity index (χ0n) is 18.9. The van der Waals surface area contributed by atoms with Crippen LogP contribution in [0.25, 0.3) is 0 Å². The third-order valence-corrected chi connectivity index (χ3v) is 8.49. The quantitative estimate of drug-likeness (QED) is 0.750. The second-order valence-electron chi connectivity index (χ2n) is 8.98. The summed E-state index contributed by atoms with van der Waals surface area (Å²) in [4.78, 5) is 27.2. The van der Waals surface area contributed by atoms with Crippen LogP contribution in [0.15, 0.2) is 47.4 Å². The van der Waals surface area contributed by atoms with E-state index in [1.165, 1.54) is 10.4 Å². The van der Waals surface area contributed by atoms with Gasteiger partial charge in [0, 0.05) is 25.0 Å². The number of sulfonamides is 1. The highest BCUT2D eigenvalue weighted by molar-refractivity contribution is 7.89. The molecule has 1 fully saturated rings. The van der Waals surface area contributed by atoms with Gasteiger partial charge < -0.3 is 10.2 Å². The lowest BCUT2D eigenvalue weighted by Crippen LogP contribution is -2.43. The van der Waals surface area contributed by atoms with E-state index >= 15 is 0 Å². The molecule has 2 aromatic rings. The molecule has 0 spiro atoms. The van der Waals surface area contributed by atoms with Crippen LogP contribution in [0.4, 0.5) is 11.4 Å². The number of amides is 2. The van der Waals surface area contributed by atoms with Crippen molar-refractivity contribution in [2.75, 3.05) is 23.8 Å². The Bertz CT molecular complexity index is 1170. The van der Waals surface area contributed by atoms with Crippen molar-refractivity contribution < 1.29 is 18.0 Å². The highest BCUT2D eigenvalue weighted by Crippen LogP contribution is 2.42. The molecule has 2 aliphatic rings. The maximum absolute atomic E-state index is 13.5. The van der Waals surface area contributed by atoms with E-state index in [1.807, 2.05) is 24.3 Å². The topological polar surface area (TPSA) is 86.8 Å². The van der Waals surface area contributed by atoms with Crippen LogP contribution in [0.1, 0.15) is 44.7 Å². The maximum atomic E-state index is 13.5. The smallest absolute Gasteiger partial charge is 0.243 e. The molecule has 170 valence electrons. The molecule has 7 nitrogen and oxygen atoms in total. The summed E-state index contributed by atoms with van der Waals surface area (Å²) in [7, 11) is -2.21. The van der Waals surface area contributed by atoms with E-state index < -0.39 is 21.5 Å². The summed E-state index contributed by atoms with van der Waals surface area (Å²) >= 11 is 0. The van der Waals surface area contributed by atoms with Crippen molar-refractivity contribution in [2.45, 2.75) is 56.4 Å². The first-order valence-corrected chi connectivity index (χ1v) is 12.4. The maximum Gasteiger partial charge on any atom is 0.243 e. The molecule has 2 aliphatic heterocycles. The Balaban J connectivity index is 1.60. The van der Waals surface area contributed by atoms with Crippen LogP contribution in [0, 0.1) is 0 Å². The number of aryl methyl sites for hydroxylation is 1. The number of nitrogens with one attached hydrogen (secondary N) is 1. The number of anilines is 2. The Morgan fingerprint density at radius 2 is 1.84 bits per heavy atom. The van der Waals surface area contributed by atoms with Crippen molar-refractivity contribution in [3.63, 3.8) is 0 Å². The largest absolute Gasteiger partial charge is 0.325 e. The number of benzene rings is 2. The van der Waals surface area contributed by atoms with E-state index in [2.05, 4.69) is 12.2 Å². The molecule has 0 aliphatic carbocycles. The van der Waals surface area contributed by atoms with E-state index in [4.69, 9.17) is 0 Å². The molecule has 1 N–H and O–H groups in total. The van der Waals surface area contributed by atoms with Gasteiger partial charge >= 0.3 is 0 Å². The Kier molecular flexibility index (Phi) is 5.63. The van der Waals surface area contributed by atoms with E-state index in [0.717, 1.165) is 12.0 Å². The van der Waals surface area contributed by atoms with Gasteiger partial charge in [0.15, 0.2) is 0 Å². The third kappa shape index (κ3) is 3.61. The summed E-state index contributed by atoms with van der Waals surface area (Å²) < 4.78 is 28.3. The molecule has 8 heteroatoms. The van der Waals surface area contributed by atoms with Crippen LogP contribution in [0.5, 0.6) is 0 Å². The fourth-order valence-corrected chi connectivity index (χ4v) is 6.27. The minimum Gasteiger partial charge on any atom is -0.325 e. The van der Waals surface area contributed by atoms with Crippen molar-refractivity contribution in [3.05, 3.63) is 53.6 Å². The van der Waals surface area contributed by atoms with Crippen molar-refractivity contribution in [3.8, 4) is 0 Å². The zero-order chi connectivity index (χ0) is 23.3. The summed E-state index contributed by atoms with van der Waals surface area (Å²) in [5, 5.41) is 2.86. The van der Waals surface area contributed by atoms with Crippen molar-refractivity contribution in [2.24, 2.45) is 0 Å². The van der Waals surface area contributed by atoms with Gasteiger partial charge in [-0.25, -0.2) is 8.42 Å². The number of likely N-dealkylation sites (N-methyl/N-ethyl adjacent to an activating group) is 1. The molecule has 0 unspecified atom stereocenters. The first-order chi connectivity index (χ1) is 15.1. The highest BCUT2D eigenvalue weighted by Gasteiger charge is 2.44. The molecular formula is C24H29N3O4S. The van der Waals surface area contributed by atoms with Gasteiger partial charge in [-0.15, -0.1) is 0 Å². The third-order valence-electron chi connectivity index (χ3n) is 6.58. The number of carbonyl (C=O) groups excluding carboxylic acids is 2. The van der Waals surface area contributed by atoms with Gasteiger partial charge in [-0.1, -0.05) is 19.1 Å². The number of fused-ring (bicyclic) bond motifs is 1. The molecule has 0 saturated carbocycles. The van der Waals surface area contributed by atoms with Crippen LogP contribution in [-0.4, -0.2) is 44.2 Å². The first kappa shape index (κ1) is 22.5. The Morgan fingerprint density at radius 1 is 1.16 bits per heavy atom. The zero-order valence-corrected chi connectivity index (χ0v) is 19.7. The molecule has 4 rings (SSSR count). The lowest BCUT2D eigenvalue weighted by molar-refractivity contribution is -0.122. The molecule has 0 radical (unpaired) electrons. The van der Waals surface area contributed by atoms with Crippen LogP contribution in [0.3, 0.4) is 0 Å². The average Bonchev–Trinajstić information content (AvgIpc) is 3.34. The minimum atomic E-state index is -3.90. The van der Waals surface area contributed by atoms with E-state index in [0.29, 0.717) is 29.8 Å². The van der Waals surface area contributed by atoms with Gasteiger partial charge in [-0.2, -0.15) is 4.31 Å². The molecule has 1 saturated heterocycles. The van der Waals surface area contributed by atoms with Crippen LogP contribution < -0.4 is 10.2 Å². The van der Waals surface area contributed by atoms with E-state index in [-0.39, 0.29) is 23.3 Å². The van der Waals surface area contributed by atoms with Crippen LogP contribution in [0.2, 0.25) is 0 Å². The summed E-state index contributed by atoms with van der Waals surface area (Å²) in [6.45, 7) is 5.94. The fraction of sp³-hybridized carbons (Fsp3) is 0.417. The van der Waals surface area contributed by atoms with Gasteiger partial charge in [-0.3, -0.25) is 9.59 Å². The van der Waals surface area contributed by atoms with Gasteiger partial charge in [0.05, 0.1) is 10.3 Å². The number of rotatable bonds is 5. The fourth-order valence-electron chi connectivity index (χ4n) is 4.59. The SMILES string of the molecule is CCc1ccc(NC(=O)[C@H]2CCCN2S(=O)(=O)c2ccc3c(c2)C(C)(C)C(=O)N3C)cc1. The molecule has 2 amide bonds. The van der Waals surface area contributed by atoms with Crippen molar-refractivity contribution in [1.29, 1.82) is 0 Å².